The fourth-order valence-corrected chi connectivity index (χ4v) is 4.33. The molecule has 2 aromatic rings. The summed E-state index contributed by atoms with van der Waals surface area (Å²) < 4.78 is 0. The van der Waals surface area contributed by atoms with Crippen molar-refractivity contribution in [1.29, 1.82) is 0 Å². The molecule has 0 radical (unpaired) electrons. The predicted molar refractivity (Wildman–Crippen MR) is 107 cm³/mol. The Morgan fingerprint density at radius 3 is 2.76 bits per heavy atom. The molecule has 124 valence electrons. The number of benzene rings is 2. The van der Waals surface area contributed by atoms with E-state index in [0.717, 1.165) is 12.3 Å². The molecule has 1 fully saturated rings. The highest BCUT2D eigenvalue weighted by atomic mass is 14.3. The van der Waals surface area contributed by atoms with Crippen LogP contribution in [0.25, 0.3) is 17.2 Å². The molecule has 2 aromatic carbocycles. The first kappa shape index (κ1) is 15.0. The number of aryl methyl sites for hydroxylation is 1. The molecule has 0 heteroatoms. The minimum atomic E-state index is 0.659. The van der Waals surface area contributed by atoms with Crippen LogP contribution in [-0.4, -0.2) is 0 Å². The highest BCUT2D eigenvalue weighted by molar-refractivity contribution is 5.90. The maximum atomic E-state index is 2.42. The molecule has 1 saturated carbocycles. The Balaban J connectivity index is 1.41. The van der Waals surface area contributed by atoms with E-state index in [1.54, 1.807) is 0 Å². The van der Waals surface area contributed by atoms with Gasteiger partial charge < -0.3 is 0 Å². The van der Waals surface area contributed by atoms with E-state index >= 15 is 0 Å². The van der Waals surface area contributed by atoms with Crippen LogP contribution < -0.4 is 0 Å². The van der Waals surface area contributed by atoms with Gasteiger partial charge in [0.1, 0.15) is 0 Å². The zero-order valence-electron chi connectivity index (χ0n) is 14.8. The molecule has 5 rings (SSSR count). The Labute approximate surface area is 150 Å². The van der Waals surface area contributed by atoms with E-state index in [0.29, 0.717) is 5.92 Å². The molecule has 0 saturated heterocycles. The molecule has 1 atom stereocenters. The van der Waals surface area contributed by atoms with Crippen LogP contribution in [0.15, 0.2) is 60.7 Å². The molecule has 1 unspecified atom stereocenters. The third kappa shape index (κ3) is 2.80. The molecular weight excluding hydrogens is 300 g/mol. The molecule has 0 aliphatic heterocycles. The minimum Gasteiger partial charge on any atom is -0.0764 e. The topological polar surface area (TPSA) is 0 Å². The van der Waals surface area contributed by atoms with Gasteiger partial charge in [-0.1, -0.05) is 73.5 Å². The van der Waals surface area contributed by atoms with Gasteiger partial charge >= 0.3 is 0 Å². The van der Waals surface area contributed by atoms with Crippen molar-refractivity contribution < 1.29 is 0 Å². The SMILES string of the molecule is Cc1ccccc1C1=CC(c2ccc3c(c2)C=CC3CC2CC2)=CC1. The summed E-state index contributed by atoms with van der Waals surface area (Å²) in [5.74, 6) is 1.64. The van der Waals surface area contributed by atoms with Gasteiger partial charge in [0.25, 0.3) is 0 Å². The van der Waals surface area contributed by atoms with Crippen LogP contribution in [-0.2, 0) is 0 Å². The molecule has 3 aliphatic carbocycles. The van der Waals surface area contributed by atoms with Gasteiger partial charge in [0.05, 0.1) is 0 Å². The van der Waals surface area contributed by atoms with Gasteiger partial charge in [0, 0.05) is 5.92 Å². The molecule has 0 aromatic heterocycles. The highest BCUT2D eigenvalue weighted by Gasteiger charge is 2.28. The van der Waals surface area contributed by atoms with Crippen molar-refractivity contribution >= 4 is 17.2 Å². The molecule has 0 heterocycles. The first-order valence-electron chi connectivity index (χ1n) is 9.57. The van der Waals surface area contributed by atoms with Gasteiger partial charge in [-0.05, 0) is 70.7 Å². The van der Waals surface area contributed by atoms with E-state index in [9.17, 15) is 0 Å². The van der Waals surface area contributed by atoms with Crippen LogP contribution in [0.2, 0.25) is 0 Å². The normalized spacial score (nSPS) is 21.2. The number of hydrogen-bond acceptors (Lipinski definition) is 0. The smallest absolute Gasteiger partial charge is 0.00298 e. The van der Waals surface area contributed by atoms with E-state index in [1.807, 2.05) is 0 Å². The Morgan fingerprint density at radius 1 is 1.04 bits per heavy atom. The van der Waals surface area contributed by atoms with Crippen LogP contribution in [0, 0.1) is 12.8 Å². The third-order valence-electron chi connectivity index (χ3n) is 5.97. The molecule has 0 N–H and O–H groups in total. The average molecular weight is 324 g/mol. The van der Waals surface area contributed by atoms with Crippen LogP contribution in [0.4, 0.5) is 0 Å². The van der Waals surface area contributed by atoms with Gasteiger partial charge in [0.15, 0.2) is 0 Å². The van der Waals surface area contributed by atoms with Crippen LogP contribution in [0.1, 0.15) is 59.4 Å². The van der Waals surface area contributed by atoms with Crippen molar-refractivity contribution in [2.24, 2.45) is 5.92 Å². The van der Waals surface area contributed by atoms with E-state index in [1.165, 1.54) is 58.2 Å². The standard InChI is InChI=1S/C25H24/c1-17-4-2-3-5-24(17)22-9-8-19(15-22)20-12-13-25-21(14-18-6-7-18)10-11-23(25)16-20/h2-5,8,10-13,15-16,18,21H,6-7,9,14H2,1H3. The van der Waals surface area contributed by atoms with Crippen molar-refractivity contribution in [1.82, 2.24) is 0 Å². The zero-order valence-corrected chi connectivity index (χ0v) is 14.8. The second-order valence-corrected chi connectivity index (χ2v) is 7.84. The Morgan fingerprint density at radius 2 is 1.92 bits per heavy atom. The van der Waals surface area contributed by atoms with Crippen LogP contribution >= 0.6 is 0 Å². The van der Waals surface area contributed by atoms with Crippen molar-refractivity contribution in [3.63, 3.8) is 0 Å². The summed E-state index contributed by atoms with van der Waals surface area (Å²) in [5.41, 5.74) is 9.90. The average Bonchev–Trinajstić information content (AvgIpc) is 3.16. The Hall–Kier alpha value is -2.34. The molecule has 3 aliphatic rings. The lowest BCUT2D eigenvalue weighted by atomic mass is 9.93. The molecule has 0 spiro atoms. The first-order valence-corrected chi connectivity index (χ1v) is 9.57. The van der Waals surface area contributed by atoms with Gasteiger partial charge in [-0.2, -0.15) is 0 Å². The summed E-state index contributed by atoms with van der Waals surface area (Å²) >= 11 is 0. The van der Waals surface area contributed by atoms with Crippen molar-refractivity contribution in [3.8, 4) is 0 Å². The maximum Gasteiger partial charge on any atom is 0.00298 e. The van der Waals surface area contributed by atoms with Gasteiger partial charge in [-0.25, -0.2) is 0 Å². The van der Waals surface area contributed by atoms with Crippen molar-refractivity contribution in [2.45, 2.75) is 38.5 Å². The summed E-state index contributed by atoms with van der Waals surface area (Å²) in [6.45, 7) is 2.20. The van der Waals surface area contributed by atoms with Gasteiger partial charge in [-0.3, -0.25) is 0 Å². The summed E-state index contributed by atoms with van der Waals surface area (Å²) in [6, 6.07) is 15.8. The van der Waals surface area contributed by atoms with E-state index in [4.69, 9.17) is 0 Å². The summed E-state index contributed by atoms with van der Waals surface area (Å²) in [4.78, 5) is 0. The van der Waals surface area contributed by atoms with Gasteiger partial charge in [0.2, 0.25) is 0 Å². The Kier molecular flexibility index (Phi) is 3.52. The summed E-state index contributed by atoms with van der Waals surface area (Å²) in [7, 11) is 0. The highest BCUT2D eigenvalue weighted by Crippen LogP contribution is 2.43. The largest absolute Gasteiger partial charge is 0.0764 e. The number of hydrogen-bond donors (Lipinski definition) is 0. The van der Waals surface area contributed by atoms with E-state index in [2.05, 4.69) is 73.7 Å². The molecular formula is C25H24. The lowest BCUT2D eigenvalue weighted by Crippen LogP contribution is -1.95. The summed E-state index contributed by atoms with van der Waals surface area (Å²) in [6.07, 6.45) is 14.8. The molecule has 25 heavy (non-hydrogen) atoms. The van der Waals surface area contributed by atoms with E-state index in [-0.39, 0.29) is 0 Å². The first-order chi connectivity index (χ1) is 12.3. The lowest BCUT2D eigenvalue weighted by molar-refractivity contribution is 0.669. The van der Waals surface area contributed by atoms with Crippen molar-refractivity contribution in [2.75, 3.05) is 0 Å². The molecule has 0 nitrogen and oxygen atoms in total. The van der Waals surface area contributed by atoms with Crippen molar-refractivity contribution in [3.05, 3.63) is 88.5 Å². The zero-order chi connectivity index (χ0) is 16.8. The monoisotopic (exact) mass is 324 g/mol. The predicted octanol–water partition coefficient (Wildman–Crippen LogP) is 6.78. The number of fused-ring (bicyclic) bond motifs is 1. The van der Waals surface area contributed by atoms with Crippen LogP contribution in [0.5, 0.6) is 0 Å². The Bertz CT molecular complexity index is 919. The third-order valence-corrected chi connectivity index (χ3v) is 5.97. The second-order valence-electron chi connectivity index (χ2n) is 7.84. The molecule has 0 bridgehead atoms. The maximum absolute atomic E-state index is 2.42. The number of rotatable bonds is 4. The fourth-order valence-electron chi connectivity index (χ4n) is 4.33. The number of allylic oxidation sites excluding steroid dienone is 5. The van der Waals surface area contributed by atoms with E-state index < -0.39 is 0 Å². The quantitative estimate of drug-likeness (QED) is 0.581. The lowest BCUT2D eigenvalue weighted by Gasteiger charge is -2.11. The fraction of sp³-hybridized carbons (Fsp3) is 0.280. The van der Waals surface area contributed by atoms with Crippen LogP contribution in [0.3, 0.4) is 0 Å². The summed E-state index contributed by atoms with van der Waals surface area (Å²) in [5, 5.41) is 0. The minimum absolute atomic E-state index is 0.659. The van der Waals surface area contributed by atoms with Gasteiger partial charge in [-0.15, -0.1) is 0 Å². The molecule has 0 amide bonds. The second kappa shape index (κ2) is 5.88.